The fraction of sp³-hybridized carbons (Fsp3) is 0.529. The van der Waals surface area contributed by atoms with Crippen molar-refractivity contribution in [3.8, 4) is 11.5 Å². The number of hydrogen-bond acceptors (Lipinski definition) is 6. The van der Waals surface area contributed by atoms with E-state index < -0.39 is 0 Å². The van der Waals surface area contributed by atoms with Crippen molar-refractivity contribution in [3.05, 3.63) is 23.8 Å². The average Bonchev–Trinajstić information content (AvgIpc) is 3.06. The molecule has 1 heterocycles. The zero-order valence-corrected chi connectivity index (χ0v) is 14.2. The number of fused-ring (bicyclic) bond motifs is 1. The third-order valence-corrected chi connectivity index (χ3v) is 3.40. The smallest absolute Gasteiger partial charge is 0.291 e. The van der Waals surface area contributed by atoms with Gasteiger partial charge in [0.2, 0.25) is 6.79 Å². The Morgan fingerprint density at radius 2 is 2.08 bits per heavy atom. The third kappa shape index (κ3) is 5.42. The standard InChI is InChI=1S/C17H24N2O5/c1-3-4-5-8-18-17(22-10-9-21-2)19-16(20)13-6-7-14-15(11-13)24-12-23-14/h6-7,11H,3-5,8-10,12H2,1-2H3,(H,18,19,20). The van der Waals surface area contributed by atoms with Gasteiger partial charge in [-0.05, 0) is 24.6 Å². The van der Waals surface area contributed by atoms with Crippen LogP contribution in [0.15, 0.2) is 23.2 Å². The highest BCUT2D eigenvalue weighted by molar-refractivity contribution is 6.04. The molecule has 0 saturated carbocycles. The number of carbonyl (C=O) groups is 1. The van der Waals surface area contributed by atoms with Crippen LogP contribution in [0.1, 0.15) is 36.5 Å². The molecule has 0 aromatic heterocycles. The third-order valence-electron chi connectivity index (χ3n) is 3.40. The number of carbonyl (C=O) groups excluding carboxylic acids is 1. The van der Waals surface area contributed by atoms with Gasteiger partial charge in [-0.2, -0.15) is 0 Å². The second kappa shape index (κ2) is 9.77. The molecule has 1 aromatic rings. The molecule has 0 aliphatic carbocycles. The summed E-state index contributed by atoms with van der Waals surface area (Å²) in [6.07, 6.45) is 3.15. The lowest BCUT2D eigenvalue weighted by Crippen LogP contribution is -2.33. The summed E-state index contributed by atoms with van der Waals surface area (Å²) in [5, 5.41) is 2.70. The highest BCUT2D eigenvalue weighted by Gasteiger charge is 2.17. The first-order chi connectivity index (χ1) is 11.7. The van der Waals surface area contributed by atoms with Crippen LogP contribution >= 0.6 is 0 Å². The second-order valence-electron chi connectivity index (χ2n) is 5.26. The number of methoxy groups -OCH3 is 1. The summed E-state index contributed by atoms with van der Waals surface area (Å²) in [6.45, 7) is 3.65. The average molecular weight is 336 g/mol. The van der Waals surface area contributed by atoms with Gasteiger partial charge in [0.15, 0.2) is 11.5 Å². The van der Waals surface area contributed by atoms with Gasteiger partial charge in [0, 0.05) is 19.2 Å². The maximum Gasteiger partial charge on any atom is 0.291 e. The molecule has 0 bridgehead atoms. The summed E-state index contributed by atoms with van der Waals surface area (Å²) in [7, 11) is 1.59. The van der Waals surface area contributed by atoms with Gasteiger partial charge in [0.25, 0.3) is 11.9 Å². The fourth-order valence-electron chi connectivity index (χ4n) is 2.09. The number of hydrogen-bond donors (Lipinski definition) is 1. The molecule has 1 aliphatic rings. The minimum atomic E-state index is -0.306. The molecule has 132 valence electrons. The lowest BCUT2D eigenvalue weighted by atomic mass is 10.2. The molecule has 1 aromatic carbocycles. The van der Waals surface area contributed by atoms with Crippen molar-refractivity contribution < 1.29 is 23.7 Å². The van der Waals surface area contributed by atoms with E-state index in [9.17, 15) is 4.79 Å². The number of nitrogens with zero attached hydrogens (tertiary/aromatic N) is 1. The van der Waals surface area contributed by atoms with E-state index in [0.29, 0.717) is 36.8 Å². The van der Waals surface area contributed by atoms with E-state index >= 15 is 0 Å². The van der Waals surface area contributed by atoms with Gasteiger partial charge in [-0.3, -0.25) is 10.1 Å². The molecule has 2 rings (SSSR count). The summed E-state index contributed by atoms with van der Waals surface area (Å²) >= 11 is 0. The van der Waals surface area contributed by atoms with Gasteiger partial charge in [-0.25, -0.2) is 4.99 Å². The SMILES string of the molecule is CCCCCN=C(NC(=O)c1ccc2c(c1)OCO2)OCCOC. The lowest BCUT2D eigenvalue weighted by molar-refractivity contribution is 0.0953. The summed E-state index contributed by atoms with van der Waals surface area (Å²) in [6, 6.07) is 5.24. The number of amides is 1. The largest absolute Gasteiger partial charge is 0.463 e. The quantitative estimate of drug-likeness (QED) is 0.448. The number of benzene rings is 1. The van der Waals surface area contributed by atoms with Crippen molar-refractivity contribution in [1.82, 2.24) is 5.32 Å². The Morgan fingerprint density at radius 3 is 2.88 bits per heavy atom. The van der Waals surface area contributed by atoms with Crippen LogP contribution in [0, 0.1) is 0 Å². The first kappa shape index (κ1) is 18.1. The summed E-state index contributed by atoms with van der Waals surface area (Å²) < 4.78 is 21.0. The van der Waals surface area contributed by atoms with Crippen LogP contribution in [0.4, 0.5) is 0 Å². The summed E-state index contributed by atoms with van der Waals surface area (Å²) in [5.74, 6) is 0.890. The lowest BCUT2D eigenvalue weighted by Gasteiger charge is -2.11. The predicted octanol–water partition coefficient (Wildman–Crippen LogP) is 2.35. The van der Waals surface area contributed by atoms with Crippen LogP contribution in [-0.4, -0.2) is 45.6 Å². The topological polar surface area (TPSA) is 78.4 Å². The zero-order chi connectivity index (χ0) is 17.2. The molecule has 0 fully saturated rings. The fourth-order valence-corrected chi connectivity index (χ4v) is 2.09. The Kier molecular flexibility index (Phi) is 7.35. The number of ether oxygens (including phenoxy) is 4. The Bertz CT molecular complexity index is 574. The maximum absolute atomic E-state index is 12.4. The molecule has 1 N–H and O–H groups in total. The molecule has 0 unspecified atom stereocenters. The molecule has 24 heavy (non-hydrogen) atoms. The number of unbranched alkanes of at least 4 members (excludes halogenated alkanes) is 2. The molecule has 0 atom stereocenters. The second-order valence-corrected chi connectivity index (χ2v) is 5.26. The Labute approximate surface area is 142 Å². The first-order valence-corrected chi connectivity index (χ1v) is 8.11. The van der Waals surface area contributed by atoms with Crippen LogP contribution < -0.4 is 14.8 Å². The van der Waals surface area contributed by atoms with Gasteiger partial charge < -0.3 is 18.9 Å². The Hall–Kier alpha value is -2.28. The zero-order valence-electron chi connectivity index (χ0n) is 14.2. The molecular weight excluding hydrogens is 312 g/mol. The van der Waals surface area contributed by atoms with Crippen molar-refractivity contribution in [2.45, 2.75) is 26.2 Å². The van der Waals surface area contributed by atoms with Crippen LogP contribution in [0.25, 0.3) is 0 Å². The first-order valence-electron chi connectivity index (χ1n) is 8.11. The van der Waals surface area contributed by atoms with Gasteiger partial charge in [0.1, 0.15) is 6.61 Å². The van der Waals surface area contributed by atoms with Crippen molar-refractivity contribution in [1.29, 1.82) is 0 Å². The minimum Gasteiger partial charge on any atom is -0.463 e. The Morgan fingerprint density at radius 1 is 1.25 bits per heavy atom. The minimum absolute atomic E-state index is 0.171. The van der Waals surface area contributed by atoms with E-state index in [2.05, 4.69) is 17.2 Å². The van der Waals surface area contributed by atoms with E-state index in [1.165, 1.54) is 0 Å². The van der Waals surface area contributed by atoms with Crippen molar-refractivity contribution in [2.24, 2.45) is 4.99 Å². The van der Waals surface area contributed by atoms with Gasteiger partial charge in [-0.15, -0.1) is 0 Å². The molecule has 0 radical (unpaired) electrons. The molecule has 7 heteroatoms. The van der Waals surface area contributed by atoms with E-state index in [0.717, 1.165) is 19.3 Å². The van der Waals surface area contributed by atoms with Gasteiger partial charge >= 0.3 is 0 Å². The molecule has 0 saturated heterocycles. The summed E-state index contributed by atoms with van der Waals surface area (Å²) in [5.41, 5.74) is 0.454. The highest BCUT2D eigenvalue weighted by Crippen LogP contribution is 2.32. The predicted molar refractivity (Wildman–Crippen MR) is 89.7 cm³/mol. The Balaban J connectivity index is 1.96. The van der Waals surface area contributed by atoms with Crippen molar-refractivity contribution in [2.75, 3.05) is 33.7 Å². The van der Waals surface area contributed by atoms with Crippen molar-refractivity contribution >= 4 is 11.9 Å². The highest BCUT2D eigenvalue weighted by atomic mass is 16.7. The summed E-state index contributed by atoms with van der Waals surface area (Å²) in [4.78, 5) is 16.7. The molecule has 0 spiro atoms. The molecule has 1 amide bonds. The number of aliphatic imine (C=N–C) groups is 1. The van der Waals surface area contributed by atoms with Crippen LogP contribution in [-0.2, 0) is 9.47 Å². The molecule has 1 aliphatic heterocycles. The van der Waals surface area contributed by atoms with Crippen molar-refractivity contribution in [3.63, 3.8) is 0 Å². The van der Waals surface area contributed by atoms with E-state index in [1.807, 2.05) is 0 Å². The van der Waals surface area contributed by atoms with Crippen LogP contribution in [0.5, 0.6) is 11.5 Å². The maximum atomic E-state index is 12.4. The van der Waals surface area contributed by atoms with E-state index in [4.69, 9.17) is 18.9 Å². The number of amidine groups is 1. The van der Waals surface area contributed by atoms with Gasteiger partial charge in [0.05, 0.1) is 6.61 Å². The van der Waals surface area contributed by atoms with Crippen LogP contribution in [0.2, 0.25) is 0 Å². The van der Waals surface area contributed by atoms with E-state index in [1.54, 1.807) is 25.3 Å². The van der Waals surface area contributed by atoms with E-state index in [-0.39, 0.29) is 18.7 Å². The number of nitrogens with one attached hydrogen (secondary N) is 1. The molecular formula is C17H24N2O5. The van der Waals surface area contributed by atoms with Gasteiger partial charge in [-0.1, -0.05) is 19.8 Å². The normalized spacial score (nSPS) is 13.0. The van der Waals surface area contributed by atoms with Crippen LogP contribution in [0.3, 0.4) is 0 Å². The molecule has 7 nitrogen and oxygen atoms in total. The number of rotatable bonds is 8. The monoisotopic (exact) mass is 336 g/mol.